The normalized spacial score (nSPS) is 30.4. The summed E-state index contributed by atoms with van der Waals surface area (Å²) in [6.45, 7) is 6.79. The van der Waals surface area contributed by atoms with Crippen molar-refractivity contribution in [2.24, 2.45) is 0 Å². The summed E-state index contributed by atoms with van der Waals surface area (Å²) in [4.78, 5) is 13.3. The quantitative estimate of drug-likeness (QED) is 0.707. The molecule has 1 aromatic carbocycles. The zero-order chi connectivity index (χ0) is 14.3. The molecule has 2 aliphatic rings. The van der Waals surface area contributed by atoms with Crippen LogP contribution < -0.4 is 0 Å². The topological polar surface area (TPSA) is 17.1 Å². The Kier molecular flexibility index (Phi) is 3.70. The molecule has 0 saturated carbocycles. The van der Waals surface area contributed by atoms with Gasteiger partial charge in [0.05, 0.1) is 12.8 Å². The second kappa shape index (κ2) is 5.22. The molecule has 0 amide bonds. The maximum Gasteiger partial charge on any atom is 0.155 e. The van der Waals surface area contributed by atoms with E-state index in [1.807, 2.05) is 0 Å². The molecule has 2 fully saturated rings. The van der Waals surface area contributed by atoms with Gasteiger partial charge in [-0.25, -0.2) is 0 Å². The molecule has 2 heterocycles. The Morgan fingerprint density at radius 3 is 2.05 bits per heavy atom. The number of carbonyl (C=O) groups excluding carboxylic acids is 1. The molecule has 0 N–H and O–H groups in total. The summed E-state index contributed by atoms with van der Waals surface area (Å²) in [5, 5.41) is 1.27. The van der Waals surface area contributed by atoms with E-state index in [2.05, 4.69) is 45.0 Å². The SMILES string of the molecule is CC(C)(C)c1ccc([S+]2C3CCCC2CC(=O)C3)cc1. The van der Waals surface area contributed by atoms with E-state index in [1.54, 1.807) is 0 Å². The number of ketones is 1. The average Bonchev–Trinajstić information content (AvgIpc) is 2.37. The molecule has 0 aliphatic carbocycles. The van der Waals surface area contributed by atoms with E-state index in [9.17, 15) is 4.79 Å². The molecule has 2 heteroatoms. The van der Waals surface area contributed by atoms with Crippen molar-refractivity contribution in [3.8, 4) is 0 Å². The van der Waals surface area contributed by atoms with E-state index in [0.717, 1.165) is 12.8 Å². The smallest absolute Gasteiger partial charge is 0.155 e. The number of rotatable bonds is 1. The van der Waals surface area contributed by atoms with Crippen LogP contribution in [0.15, 0.2) is 29.2 Å². The van der Waals surface area contributed by atoms with Crippen LogP contribution >= 0.6 is 0 Å². The van der Waals surface area contributed by atoms with Crippen molar-refractivity contribution in [1.29, 1.82) is 0 Å². The summed E-state index contributed by atoms with van der Waals surface area (Å²) in [5.74, 6) is 0.509. The molecular formula is C18H25OS+. The minimum Gasteiger partial charge on any atom is -0.299 e. The van der Waals surface area contributed by atoms with Gasteiger partial charge in [-0.3, -0.25) is 4.79 Å². The highest BCUT2D eigenvalue weighted by Crippen LogP contribution is 2.41. The molecule has 3 rings (SSSR count). The van der Waals surface area contributed by atoms with Crippen LogP contribution in [-0.4, -0.2) is 16.3 Å². The fourth-order valence-electron chi connectivity index (χ4n) is 3.57. The summed E-state index contributed by atoms with van der Waals surface area (Å²) >= 11 is 0. The predicted molar refractivity (Wildman–Crippen MR) is 86.4 cm³/mol. The van der Waals surface area contributed by atoms with E-state index < -0.39 is 0 Å². The number of benzene rings is 1. The summed E-state index contributed by atoms with van der Waals surface area (Å²) in [6.07, 6.45) is 5.51. The molecule has 2 saturated heterocycles. The van der Waals surface area contributed by atoms with Gasteiger partial charge in [-0.2, -0.15) is 0 Å². The van der Waals surface area contributed by atoms with Gasteiger partial charge in [0.15, 0.2) is 4.90 Å². The number of carbonyl (C=O) groups is 1. The standard InChI is InChI=1S/C18H25OS/c1-18(2,3)13-7-9-15(10-8-13)20-16-5-4-6-17(20)12-14(19)11-16/h7-10,16-17H,4-6,11-12H2,1-3H3/q+1. The number of hydrogen-bond acceptors (Lipinski definition) is 1. The Balaban J connectivity index is 1.87. The first-order valence-corrected chi connectivity index (χ1v) is 9.14. The van der Waals surface area contributed by atoms with E-state index in [-0.39, 0.29) is 5.41 Å². The van der Waals surface area contributed by atoms with Crippen molar-refractivity contribution in [3.05, 3.63) is 29.8 Å². The monoisotopic (exact) mass is 289 g/mol. The van der Waals surface area contributed by atoms with Crippen LogP contribution in [0.1, 0.15) is 58.4 Å². The second-order valence-electron chi connectivity index (χ2n) is 7.27. The Morgan fingerprint density at radius 2 is 1.55 bits per heavy atom. The third kappa shape index (κ3) is 2.67. The lowest BCUT2D eigenvalue weighted by Gasteiger charge is -2.33. The lowest BCUT2D eigenvalue weighted by atomic mass is 9.87. The Morgan fingerprint density at radius 1 is 1.00 bits per heavy atom. The molecule has 0 aromatic heterocycles. The predicted octanol–water partition coefficient (Wildman–Crippen LogP) is 4.25. The minimum atomic E-state index is 0.222. The molecule has 1 nitrogen and oxygen atoms in total. The maximum absolute atomic E-state index is 11.8. The molecule has 2 aliphatic heterocycles. The highest BCUT2D eigenvalue weighted by Gasteiger charge is 2.48. The van der Waals surface area contributed by atoms with Gasteiger partial charge in [0, 0.05) is 10.9 Å². The van der Waals surface area contributed by atoms with Crippen molar-refractivity contribution < 1.29 is 4.79 Å². The summed E-state index contributed by atoms with van der Waals surface area (Å²) in [7, 11) is 0.320. The van der Waals surface area contributed by atoms with Gasteiger partial charge in [0.25, 0.3) is 0 Å². The Bertz CT molecular complexity index is 481. The van der Waals surface area contributed by atoms with E-state index in [4.69, 9.17) is 0 Å². The zero-order valence-corrected chi connectivity index (χ0v) is 13.6. The van der Waals surface area contributed by atoms with Crippen LogP contribution in [0.2, 0.25) is 0 Å². The van der Waals surface area contributed by atoms with Crippen molar-refractivity contribution in [1.82, 2.24) is 0 Å². The van der Waals surface area contributed by atoms with E-state index in [1.165, 1.54) is 29.7 Å². The molecule has 20 heavy (non-hydrogen) atoms. The van der Waals surface area contributed by atoms with Gasteiger partial charge in [-0.1, -0.05) is 32.9 Å². The summed E-state index contributed by atoms with van der Waals surface area (Å²) < 4.78 is 0. The number of fused-ring (bicyclic) bond motifs is 2. The minimum absolute atomic E-state index is 0.222. The van der Waals surface area contributed by atoms with Gasteiger partial charge < -0.3 is 0 Å². The van der Waals surface area contributed by atoms with Crippen molar-refractivity contribution in [2.45, 2.75) is 73.7 Å². The van der Waals surface area contributed by atoms with Crippen molar-refractivity contribution in [3.63, 3.8) is 0 Å². The number of Topliss-reactive ketones (excluding diaryl/α,β-unsaturated/α-hetero) is 1. The van der Waals surface area contributed by atoms with Crippen LogP contribution in [0.3, 0.4) is 0 Å². The van der Waals surface area contributed by atoms with Gasteiger partial charge in [-0.15, -0.1) is 0 Å². The van der Waals surface area contributed by atoms with Gasteiger partial charge in [0.1, 0.15) is 16.3 Å². The molecule has 108 valence electrons. The highest BCUT2D eigenvalue weighted by molar-refractivity contribution is 7.98. The van der Waals surface area contributed by atoms with Gasteiger partial charge >= 0.3 is 0 Å². The fraction of sp³-hybridized carbons (Fsp3) is 0.611. The second-order valence-corrected chi connectivity index (χ2v) is 9.82. The molecule has 2 bridgehead atoms. The molecule has 2 atom stereocenters. The lowest BCUT2D eigenvalue weighted by Crippen LogP contribution is -2.43. The number of hydrogen-bond donors (Lipinski definition) is 0. The third-order valence-corrected chi connectivity index (χ3v) is 7.73. The van der Waals surface area contributed by atoms with Gasteiger partial charge in [-0.05, 0) is 42.4 Å². The molecule has 0 spiro atoms. The van der Waals surface area contributed by atoms with Crippen molar-refractivity contribution >= 4 is 16.7 Å². The highest BCUT2D eigenvalue weighted by atomic mass is 32.2. The first-order valence-electron chi connectivity index (χ1n) is 7.79. The van der Waals surface area contributed by atoms with Crippen LogP contribution in [0.5, 0.6) is 0 Å². The van der Waals surface area contributed by atoms with Crippen LogP contribution in [-0.2, 0) is 21.1 Å². The van der Waals surface area contributed by atoms with Crippen LogP contribution in [0, 0.1) is 0 Å². The van der Waals surface area contributed by atoms with Crippen molar-refractivity contribution in [2.75, 3.05) is 0 Å². The third-order valence-electron chi connectivity index (χ3n) is 4.67. The first-order chi connectivity index (χ1) is 9.45. The Labute approximate surface area is 125 Å². The zero-order valence-electron chi connectivity index (χ0n) is 12.8. The summed E-state index contributed by atoms with van der Waals surface area (Å²) in [6, 6.07) is 9.28. The van der Waals surface area contributed by atoms with E-state index in [0.29, 0.717) is 27.2 Å². The Hall–Kier alpha value is -0.760. The fourth-order valence-corrected chi connectivity index (χ4v) is 6.91. The molecular weight excluding hydrogens is 264 g/mol. The first kappa shape index (κ1) is 14.2. The largest absolute Gasteiger partial charge is 0.299 e. The summed E-state index contributed by atoms with van der Waals surface area (Å²) in [5.41, 5.74) is 1.63. The average molecular weight is 289 g/mol. The molecule has 2 unspecified atom stereocenters. The lowest BCUT2D eigenvalue weighted by molar-refractivity contribution is -0.119. The van der Waals surface area contributed by atoms with E-state index >= 15 is 0 Å². The maximum atomic E-state index is 11.8. The van der Waals surface area contributed by atoms with Gasteiger partial charge in [0.2, 0.25) is 0 Å². The van der Waals surface area contributed by atoms with Crippen LogP contribution in [0.4, 0.5) is 0 Å². The van der Waals surface area contributed by atoms with Crippen LogP contribution in [0.25, 0.3) is 0 Å². The molecule has 0 radical (unpaired) electrons. The molecule has 1 aromatic rings.